The Balaban J connectivity index is 0.000000486. The highest BCUT2D eigenvalue weighted by Crippen LogP contribution is 2.30. The molecule has 6 heteroatoms. The summed E-state index contributed by atoms with van der Waals surface area (Å²) < 4.78 is 14.1. The lowest BCUT2D eigenvalue weighted by Gasteiger charge is -2.33. The molecule has 0 saturated carbocycles. The lowest BCUT2D eigenvalue weighted by Crippen LogP contribution is -2.37. The van der Waals surface area contributed by atoms with Crippen molar-refractivity contribution in [1.82, 2.24) is 9.80 Å². The van der Waals surface area contributed by atoms with E-state index in [1.165, 1.54) is 5.56 Å². The average Bonchev–Trinajstić information content (AvgIpc) is 3.57. The molecule has 5 rings (SSSR count). The van der Waals surface area contributed by atoms with Crippen molar-refractivity contribution in [2.75, 3.05) is 32.7 Å². The Hall–Kier alpha value is -2.02. The van der Waals surface area contributed by atoms with Gasteiger partial charge in [0.1, 0.15) is 5.82 Å². The highest BCUT2D eigenvalue weighted by atomic mass is 79.9. The van der Waals surface area contributed by atoms with Crippen LogP contribution in [0.5, 0.6) is 0 Å². The van der Waals surface area contributed by atoms with Crippen LogP contribution in [0.15, 0.2) is 69.8 Å². The number of piperidine rings is 1. The van der Waals surface area contributed by atoms with Gasteiger partial charge in [0.15, 0.2) is 0 Å². The number of nitrogens with zero attached hydrogens (tertiary/aromatic N) is 2. The molecular weight excluding hydrogens is 511 g/mol. The van der Waals surface area contributed by atoms with Gasteiger partial charge in [-0.1, -0.05) is 36.4 Å². The molecule has 2 aliphatic rings. The number of hydrogen-bond donors (Lipinski definition) is 0. The van der Waals surface area contributed by atoms with E-state index >= 15 is 0 Å². The van der Waals surface area contributed by atoms with Crippen LogP contribution in [0.4, 0.5) is 4.39 Å². The van der Waals surface area contributed by atoms with Crippen molar-refractivity contribution in [3.05, 3.63) is 92.3 Å². The molecule has 0 aliphatic carbocycles. The molecule has 1 amide bonds. The van der Waals surface area contributed by atoms with Gasteiger partial charge in [0.2, 0.25) is 0 Å². The van der Waals surface area contributed by atoms with Gasteiger partial charge in [-0.15, -0.1) is 0 Å². The van der Waals surface area contributed by atoms with Gasteiger partial charge in [-0.2, -0.15) is 11.3 Å². The predicted octanol–water partition coefficient (Wildman–Crippen LogP) is 6.99. The van der Waals surface area contributed by atoms with Gasteiger partial charge in [0.25, 0.3) is 5.91 Å². The monoisotopic (exact) mass is 542 g/mol. The second kappa shape index (κ2) is 12.1. The van der Waals surface area contributed by atoms with E-state index < -0.39 is 0 Å². The van der Waals surface area contributed by atoms with Crippen molar-refractivity contribution in [2.24, 2.45) is 5.92 Å². The second-order valence-electron chi connectivity index (χ2n) is 9.26. The Bertz CT molecular complexity index is 1030. The predicted molar refractivity (Wildman–Crippen MR) is 142 cm³/mol. The Morgan fingerprint density at radius 1 is 1.00 bits per heavy atom. The number of amides is 1. The Morgan fingerprint density at radius 2 is 1.71 bits per heavy atom. The van der Waals surface area contributed by atoms with Gasteiger partial charge < -0.3 is 9.80 Å². The zero-order valence-electron chi connectivity index (χ0n) is 19.6. The lowest BCUT2D eigenvalue weighted by atomic mass is 9.89. The van der Waals surface area contributed by atoms with E-state index in [0.29, 0.717) is 11.8 Å². The van der Waals surface area contributed by atoms with E-state index in [1.54, 1.807) is 23.5 Å². The summed E-state index contributed by atoms with van der Waals surface area (Å²) in [5.41, 5.74) is 3.12. The number of hydrogen-bond acceptors (Lipinski definition) is 3. The summed E-state index contributed by atoms with van der Waals surface area (Å²) in [7, 11) is 0. The second-order valence-corrected chi connectivity index (χ2v) is 10.9. The highest BCUT2D eigenvalue weighted by Gasteiger charge is 2.30. The minimum atomic E-state index is -0.163. The molecule has 2 aliphatic heterocycles. The summed E-state index contributed by atoms with van der Waals surface area (Å²) >= 11 is 5.29. The number of halogens is 2. The summed E-state index contributed by atoms with van der Waals surface area (Å²) in [5.74, 6) is 1.05. The molecule has 1 unspecified atom stereocenters. The first-order valence-electron chi connectivity index (χ1n) is 12.0. The van der Waals surface area contributed by atoms with E-state index in [2.05, 4.69) is 20.8 Å². The van der Waals surface area contributed by atoms with E-state index in [9.17, 15) is 9.18 Å². The molecule has 1 atom stereocenters. The quantitative estimate of drug-likeness (QED) is 0.354. The molecule has 1 aromatic heterocycles. The van der Waals surface area contributed by atoms with Crippen molar-refractivity contribution in [3.8, 4) is 0 Å². The van der Waals surface area contributed by atoms with Gasteiger partial charge in [-0.3, -0.25) is 4.79 Å². The summed E-state index contributed by atoms with van der Waals surface area (Å²) in [6.45, 7) is 6.93. The molecule has 3 nitrogen and oxygen atoms in total. The molecule has 2 fully saturated rings. The number of carbonyl (C=O) groups excluding carboxylic acids is 1. The Morgan fingerprint density at radius 3 is 2.35 bits per heavy atom. The van der Waals surface area contributed by atoms with Crippen LogP contribution in [0.3, 0.4) is 0 Å². The standard InChI is InChI=1S/C24H28BrFN2O.C4H4S/c1-17-3-2-4-22(23(17)25)24(29)28-14-9-18(16-28)15-27-12-10-20(11-13-27)19-5-7-21(26)8-6-19;1-2-4-5-3-1/h2-8,18,20H,9-16H2,1H3;1-4H. The van der Waals surface area contributed by atoms with Crippen LogP contribution in [0.25, 0.3) is 0 Å². The summed E-state index contributed by atoms with van der Waals surface area (Å²) in [6, 6.07) is 16.9. The number of thiophene rings is 1. The van der Waals surface area contributed by atoms with Crippen LogP contribution in [0, 0.1) is 18.7 Å². The topological polar surface area (TPSA) is 23.6 Å². The summed E-state index contributed by atoms with van der Waals surface area (Å²) in [5, 5.41) is 4.08. The van der Waals surface area contributed by atoms with Crippen molar-refractivity contribution in [1.29, 1.82) is 0 Å². The maximum absolute atomic E-state index is 13.1. The zero-order chi connectivity index (χ0) is 23.9. The molecule has 0 N–H and O–H groups in total. The van der Waals surface area contributed by atoms with Crippen LogP contribution in [0.1, 0.15) is 46.7 Å². The van der Waals surface area contributed by atoms with Crippen LogP contribution >= 0.6 is 27.3 Å². The zero-order valence-corrected chi connectivity index (χ0v) is 22.0. The number of aryl methyl sites for hydroxylation is 1. The average molecular weight is 544 g/mol. The molecule has 0 spiro atoms. The number of carbonyl (C=O) groups is 1. The van der Waals surface area contributed by atoms with Crippen molar-refractivity contribution < 1.29 is 9.18 Å². The molecule has 3 heterocycles. The van der Waals surface area contributed by atoms with Gasteiger partial charge in [0, 0.05) is 24.1 Å². The third-order valence-electron chi connectivity index (χ3n) is 6.87. The maximum Gasteiger partial charge on any atom is 0.255 e. The summed E-state index contributed by atoms with van der Waals surface area (Å²) in [4.78, 5) is 17.5. The Labute approximate surface area is 214 Å². The van der Waals surface area contributed by atoms with E-state index in [0.717, 1.165) is 67.6 Å². The molecule has 3 aromatic rings. The van der Waals surface area contributed by atoms with E-state index in [-0.39, 0.29) is 11.7 Å². The smallest absolute Gasteiger partial charge is 0.255 e. The van der Waals surface area contributed by atoms with Crippen LogP contribution in [-0.2, 0) is 0 Å². The van der Waals surface area contributed by atoms with Crippen molar-refractivity contribution in [3.63, 3.8) is 0 Å². The van der Waals surface area contributed by atoms with Gasteiger partial charge >= 0.3 is 0 Å². The number of benzene rings is 2. The fraction of sp³-hybridized carbons (Fsp3) is 0.393. The molecular formula is C28H32BrFN2OS. The normalized spacial score (nSPS) is 19.0. The highest BCUT2D eigenvalue weighted by molar-refractivity contribution is 9.10. The third-order valence-corrected chi connectivity index (χ3v) is 8.55. The Kier molecular flexibility index (Phi) is 8.92. The molecule has 180 valence electrons. The molecule has 2 aromatic carbocycles. The first kappa shape index (κ1) is 25.1. The minimum absolute atomic E-state index is 0.137. The number of likely N-dealkylation sites (tertiary alicyclic amines) is 2. The number of rotatable bonds is 4. The first-order valence-corrected chi connectivity index (χ1v) is 13.7. The third kappa shape index (κ3) is 6.55. The van der Waals surface area contributed by atoms with Crippen LogP contribution < -0.4 is 0 Å². The van der Waals surface area contributed by atoms with Crippen molar-refractivity contribution in [2.45, 2.75) is 32.1 Å². The molecule has 2 saturated heterocycles. The molecule has 0 bridgehead atoms. The SMILES string of the molecule is Cc1cccc(C(=O)N2CCC(CN3CCC(c4ccc(F)cc4)CC3)C2)c1Br.c1ccsc1. The van der Waals surface area contributed by atoms with Gasteiger partial charge in [-0.05, 0) is 107 Å². The largest absolute Gasteiger partial charge is 0.338 e. The van der Waals surface area contributed by atoms with Gasteiger partial charge in [-0.25, -0.2) is 4.39 Å². The summed E-state index contributed by atoms with van der Waals surface area (Å²) in [6.07, 6.45) is 3.32. The first-order chi connectivity index (χ1) is 16.5. The van der Waals surface area contributed by atoms with Crippen LogP contribution in [-0.4, -0.2) is 48.4 Å². The fourth-order valence-electron chi connectivity index (χ4n) is 4.92. The van der Waals surface area contributed by atoms with E-state index in [4.69, 9.17) is 0 Å². The fourth-order valence-corrected chi connectivity index (χ4v) is 5.81. The van der Waals surface area contributed by atoms with Gasteiger partial charge in [0.05, 0.1) is 5.56 Å². The van der Waals surface area contributed by atoms with E-state index in [1.807, 2.05) is 65.0 Å². The minimum Gasteiger partial charge on any atom is -0.338 e. The maximum atomic E-state index is 13.1. The lowest BCUT2D eigenvalue weighted by molar-refractivity contribution is 0.0781. The molecule has 0 radical (unpaired) electrons. The van der Waals surface area contributed by atoms with Crippen molar-refractivity contribution >= 4 is 33.2 Å². The molecule has 34 heavy (non-hydrogen) atoms. The van der Waals surface area contributed by atoms with Crippen LogP contribution in [0.2, 0.25) is 0 Å².